The molecule has 0 fully saturated rings. The zero-order chi connectivity index (χ0) is 14.5. The third-order valence-electron chi connectivity index (χ3n) is 3.35. The van der Waals surface area contributed by atoms with Crippen LogP contribution in [0.15, 0.2) is 0 Å². The molecule has 0 heterocycles. The molecule has 0 saturated heterocycles. The van der Waals surface area contributed by atoms with Crippen LogP contribution < -0.4 is 0 Å². The third-order valence-corrected chi connectivity index (χ3v) is 3.35. The molecule has 0 spiro atoms. The fraction of sp³-hybridized carbons (Fsp3) is 0.929. The molecule has 0 N–H and O–H groups in total. The molecule has 3 nitrogen and oxygen atoms in total. The van der Waals surface area contributed by atoms with Gasteiger partial charge >= 0.3 is 6.98 Å². The van der Waals surface area contributed by atoms with Crippen molar-refractivity contribution < 1.29 is 0 Å². The van der Waals surface area contributed by atoms with E-state index in [4.69, 9.17) is 5.26 Å². The lowest BCUT2D eigenvalue weighted by atomic mass is 9.64. The summed E-state index contributed by atoms with van der Waals surface area (Å²) in [5.74, 6) is 0. The predicted octanol–water partition coefficient (Wildman–Crippen LogP) is 3.24. The molecular formula is C14H30BN3. The minimum absolute atomic E-state index is 0.204. The number of rotatable bonds is 7. The molecule has 0 saturated carbocycles. The monoisotopic (exact) mass is 251 g/mol. The predicted molar refractivity (Wildman–Crippen MR) is 80.4 cm³/mol. The Hall–Kier alpha value is -0.525. The second kappa shape index (κ2) is 7.81. The van der Waals surface area contributed by atoms with Crippen LogP contribution >= 0.6 is 0 Å². The highest BCUT2D eigenvalue weighted by atomic mass is 15.3. The van der Waals surface area contributed by atoms with E-state index in [9.17, 15) is 0 Å². The summed E-state index contributed by atoms with van der Waals surface area (Å²) in [5.41, 5.74) is 0. The lowest BCUT2D eigenvalue weighted by molar-refractivity contribution is 0.222. The van der Waals surface area contributed by atoms with Crippen molar-refractivity contribution in [2.75, 3.05) is 0 Å². The van der Waals surface area contributed by atoms with Crippen LogP contribution in [0.4, 0.5) is 0 Å². The van der Waals surface area contributed by atoms with Crippen LogP contribution in [0.25, 0.3) is 0 Å². The summed E-state index contributed by atoms with van der Waals surface area (Å²) in [6.45, 7) is 17.9. The quantitative estimate of drug-likeness (QED) is 0.651. The maximum atomic E-state index is 9.16. The summed E-state index contributed by atoms with van der Waals surface area (Å²) in [5, 5.41) is 9.16. The van der Waals surface area contributed by atoms with E-state index in [-0.39, 0.29) is 6.98 Å². The van der Waals surface area contributed by atoms with Gasteiger partial charge in [0.1, 0.15) is 0 Å². The molecule has 0 atom stereocenters. The largest absolute Gasteiger partial charge is 0.326 e. The summed E-state index contributed by atoms with van der Waals surface area (Å²) >= 11 is 0. The Labute approximate surface area is 114 Å². The molecule has 0 aliphatic heterocycles. The van der Waals surface area contributed by atoms with Gasteiger partial charge in [0.2, 0.25) is 0 Å². The van der Waals surface area contributed by atoms with Crippen LogP contribution in [0.1, 0.15) is 55.4 Å². The molecule has 0 aromatic heterocycles. The van der Waals surface area contributed by atoms with Crippen molar-refractivity contribution in [3.05, 3.63) is 0 Å². The van der Waals surface area contributed by atoms with E-state index in [1.54, 1.807) is 0 Å². The molecule has 4 heteroatoms. The van der Waals surface area contributed by atoms with Crippen LogP contribution in [0, 0.1) is 11.3 Å². The fourth-order valence-electron chi connectivity index (χ4n) is 3.02. The van der Waals surface area contributed by atoms with E-state index in [0.29, 0.717) is 30.5 Å². The van der Waals surface area contributed by atoms with Crippen molar-refractivity contribution in [3.63, 3.8) is 0 Å². The van der Waals surface area contributed by atoms with Gasteiger partial charge < -0.3 is 9.62 Å². The Bertz CT molecular complexity index is 233. The molecule has 0 rings (SSSR count). The number of hydrogen-bond acceptors (Lipinski definition) is 3. The standard InChI is InChI=1S/C14H30BN3/c1-11(2)17(12(3)4)15(9-10-16)18(13(5)6)14(7)8/h11-14H,9H2,1-8H3. The van der Waals surface area contributed by atoms with Gasteiger partial charge in [-0.15, -0.1) is 0 Å². The first-order valence-electron chi connectivity index (χ1n) is 7.15. The van der Waals surface area contributed by atoms with E-state index in [1.807, 2.05) is 0 Å². The smallest absolute Gasteiger partial charge is 0.323 e. The Morgan fingerprint density at radius 2 is 1.06 bits per heavy atom. The highest BCUT2D eigenvalue weighted by molar-refractivity contribution is 6.53. The first kappa shape index (κ1) is 17.5. The van der Waals surface area contributed by atoms with E-state index < -0.39 is 0 Å². The van der Waals surface area contributed by atoms with Crippen molar-refractivity contribution in [2.24, 2.45) is 0 Å². The van der Waals surface area contributed by atoms with Crippen molar-refractivity contribution in [2.45, 2.75) is 85.9 Å². The zero-order valence-electron chi connectivity index (χ0n) is 13.4. The van der Waals surface area contributed by atoms with E-state index >= 15 is 0 Å². The SMILES string of the molecule is CC(C)N(B(CC#N)N(C(C)C)C(C)C)C(C)C. The second-order valence-corrected chi connectivity index (χ2v) is 6.11. The van der Waals surface area contributed by atoms with Gasteiger partial charge in [-0.1, -0.05) is 55.4 Å². The number of hydrogen-bond donors (Lipinski definition) is 0. The first-order chi connectivity index (χ1) is 8.23. The highest BCUT2D eigenvalue weighted by Gasteiger charge is 2.36. The maximum Gasteiger partial charge on any atom is 0.326 e. The normalized spacial score (nSPS) is 12.3. The first-order valence-corrected chi connectivity index (χ1v) is 7.15. The topological polar surface area (TPSA) is 30.3 Å². The van der Waals surface area contributed by atoms with Gasteiger partial charge in [-0.2, -0.15) is 5.26 Å². The molecule has 104 valence electrons. The van der Waals surface area contributed by atoms with Crippen molar-refractivity contribution >= 4 is 6.98 Å². The minimum Gasteiger partial charge on any atom is -0.323 e. The molecule has 0 bridgehead atoms. The zero-order valence-corrected chi connectivity index (χ0v) is 13.4. The Kier molecular flexibility index (Phi) is 7.58. The van der Waals surface area contributed by atoms with Gasteiger partial charge in [-0.3, -0.25) is 0 Å². The van der Waals surface area contributed by atoms with Crippen LogP contribution in [-0.4, -0.2) is 40.8 Å². The van der Waals surface area contributed by atoms with E-state index in [1.165, 1.54) is 0 Å². The lowest BCUT2D eigenvalue weighted by Gasteiger charge is -2.44. The van der Waals surface area contributed by atoms with Gasteiger partial charge in [0.05, 0.1) is 6.07 Å². The number of nitriles is 1. The molecule has 0 aromatic carbocycles. The second-order valence-electron chi connectivity index (χ2n) is 6.11. The summed E-state index contributed by atoms with van der Waals surface area (Å²) in [6.07, 6.45) is 0.562. The Morgan fingerprint density at radius 3 is 1.22 bits per heavy atom. The summed E-state index contributed by atoms with van der Waals surface area (Å²) < 4.78 is 0. The molecule has 0 aromatic rings. The van der Waals surface area contributed by atoms with Crippen LogP contribution in [0.3, 0.4) is 0 Å². The van der Waals surface area contributed by atoms with E-state index in [2.05, 4.69) is 71.1 Å². The molecular weight excluding hydrogens is 221 g/mol. The fourth-order valence-corrected chi connectivity index (χ4v) is 3.02. The Morgan fingerprint density at radius 1 is 0.778 bits per heavy atom. The van der Waals surface area contributed by atoms with Crippen molar-refractivity contribution in [3.8, 4) is 6.07 Å². The van der Waals surface area contributed by atoms with Gasteiger partial charge in [0.15, 0.2) is 0 Å². The minimum atomic E-state index is 0.204. The van der Waals surface area contributed by atoms with Gasteiger partial charge in [-0.25, -0.2) is 0 Å². The average Bonchev–Trinajstić information content (AvgIpc) is 2.14. The molecule has 0 radical (unpaired) electrons. The molecule has 0 unspecified atom stereocenters. The van der Waals surface area contributed by atoms with Crippen LogP contribution in [0.2, 0.25) is 6.32 Å². The molecule has 0 amide bonds. The number of nitrogens with zero attached hydrogens (tertiary/aromatic N) is 3. The third kappa shape index (κ3) is 4.63. The van der Waals surface area contributed by atoms with Gasteiger partial charge in [0.25, 0.3) is 0 Å². The molecule has 0 aliphatic carbocycles. The molecule has 0 aliphatic rings. The average molecular weight is 251 g/mol. The Balaban J connectivity index is 5.30. The lowest BCUT2D eigenvalue weighted by Crippen LogP contribution is -2.61. The highest BCUT2D eigenvalue weighted by Crippen LogP contribution is 2.19. The van der Waals surface area contributed by atoms with Gasteiger partial charge in [0, 0.05) is 6.32 Å². The van der Waals surface area contributed by atoms with Crippen molar-refractivity contribution in [1.82, 2.24) is 9.62 Å². The summed E-state index contributed by atoms with van der Waals surface area (Å²) in [6, 6.07) is 4.16. The van der Waals surface area contributed by atoms with Crippen LogP contribution in [0.5, 0.6) is 0 Å². The van der Waals surface area contributed by atoms with Crippen LogP contribution in [-0.2, 0) is 0 Å². The van der Waals surface area contributed by atoms with Gasteiger partial charge in [-0.05, 0) is 24.2 Å². The van der Waals surface area contributed by atoms with E-state index in [0.717, 1.165) is 0 Å². The summed E-state index contributed by atoms with van der Waals surface area (Å²) in [7, 11) is 0. The molecule has 18 heavy (non-hydrogen) atoms. The summed E-state index contributed by atoms with van der Waals surface area (Å²) in [4.78, 5) is 4.90. The maximum absolute atomic E-state index is 9.16. The van der Waals surface area contributed by atoms with Crippen molar-refractivity contribution in [1.29, 1.82) is 5.26 Å².